The van der Waals surface area contributed by atoms with Gasteiger partial charge in [0.25, 0.3) is 0 Å². The van der Waals surface area contributed by atoms with Gasteiger partial charge in [-0.25, -0.2) is 9.37 Å². The van der Waals surface area contributed by atoms with Crippen LogP contribution in [0.15, 0.2) is 65.5 Å². The molecule has 0 amide bonds. The van der Waals surface area contributed by atoms with E-state index in [9.17, 15) is 4.39 Å². The molecule has 0 atom stereocenters. The van der Waals surface area contributed by atoms with Crippen LogP contribution in [0.3, 0.4) is 0 Å². The van der Waals surface area contributed by atoms with E-state index in [2.05, 4.69) is 28.1 Å². The van der Waals surface area contributed by atoms with Crippen molar-refractivity contribution in [2.75, 3.05) is 6.54 Å². The van der Waals surface area contributed by atoms with Crippen LogP contribution in [0.4, 0.5) is 4.39 Å². The molecule has 1 aromatic heterocycles. The molecule has 0 bridgehead atoms. The van der Waals surface area contributed by atoms with Crippen LogP contribution in [-0.4, -0.2) is 16.5 Å². The summed E-state index contributed by atoms with van der Waals surface area (Å²) in [5.41, 5.74) is 8.61. The Kier molecular flexibility index (Phi) is 7.42. The maximum Gasteiger partial charge on any atom is 0.218 e. The Labute approximate surface area is 191 Å². The summed E-state index contributed by atoms with van der Waals surface area (Å²) >= 11 is 6.02. The van der Waals surface area contributed by atoms with Crippen LogP contribution < -0.4 is 15.7 Å². The van der Waals surface area contributed by atoms with Gasteiger partial charge in [-0.15, -0.1) is 5.53 Å². The summed E-state index contributed by atoms with van der Waals surface area (Å²) in [7, 11) is 0. The van der Waals surface area contributed by atoms with Crippen LogP contribution in [0.2, 0.25) is 5.02 Å². The van der Waals surface area contributed by atoms with E-state index < -0.39 is 0 Å². The second-order valence-electron chi connectivity index (χ2n) is 7.33. The van der Waals surface area contributed by atoms with Gasteiger partial charge in [-0.3, -0.25) is 5.01 Å². The molecule has 0 fully saturated rings. The molecule has 32 heavy (non-hydrogen) atoms. The van der Waals surface area contributed by atoms with Crippen LogP contribution in [0.1, 0.15) is 35.6 Å². The number of ether oxygens (including phenoxy) is 1. The summed E-state index contributed by atoms with van der Waals surface area (Å²) < 4.78 is 24.4. The van der Waals surface area contributed by atoms with Gasteiger partial charge in [0.15, 0.2) is 0 Å². The van der Waals surface area contributed by atoms with E-state index in [1.807, 2.05) is 29.5 Å². The van der Waals surface area contributed by atoms with E-state index in [4.69, 9.17) is 20.8 Å². The van der Waals surface area contributed by atoms with Crippen molar-refractivity contribution in [1.82, 2.24) is 21.0 Å². The fourth-order valence-electron chi connectivity index (χ4n) is 3.20. The lowest BCUT2D eigenvalue weighted by atomic mass is 10.1. The number of rotatable bonds is 10. The lowest BCUT2D eigenvalue weighted by Crippen LogP contribution is -2.35. The van der Waals surface area contributed by atoms with Gasteiger partial charge >= 0.3 is 0 Å². The van der Waals surface area contributed by atoms with Gasteiger partial charge in [-0.05, 0) is 60.7 Å². The van der Waals surface area contributed by atoms with Gasteiger partial charge in [-0.2, -0.15) is 0 Å². The Balaban J connectivity index is 1.21. The van der Waals surface area contributed by atoms with Gasteiger partial charge < -0.3 is 14.6 Å². The van der Waals surface area contributed by atoms with Crippen molar-refractivity contribution >= 4 is 23.8 Å². The summed E-state index contributed by atoms with van der Waals surface area (Å²) in [6.45, 7) is 1.27. The maximum absolute atomic E-state index is 13.1. The predicted octanol–water partition coefficient (Wildman–Crippen LogP) is 5.34. The molecule has 0 spiro atoms. The number of halogens is 2. The highest BCUT2D eigenvalue weighted by Crippen LogP contribution is 2.20. The zero-order valence-corrected chi connectivity index (χ0v) is 18.2. The number of unbranched alkanes of at least 4 members (excludes halogenated alkanes) is 1. The molecule has 4 rings (SSSR count). The minimum Gasteiger partial charge on any atom is -0.487 e. The number of aryl methyl sites for hydroxylation is 1. The number of oxazole rings is 1. The van der Waals surface area contributed by atoms with E-state index in [0.29, 0.717) is 28.8 Å². The van der Waals surface area contributed by atoms with Crippen LogP contribution in [0.25, 0.3) is 12.2 Å². The zero-order chi connectivity index (χ0) is 22.2. The van der Waals surface area contributed by atoms with E-state index >= 15 is 0 Å². The number of hydrogen-bond acceptors (Lipinski definition) is 6. The van der Waals surface area contributed by atoms with Crippen LogP contribution in [-0.2, 0) is 13.0 Å². The monoisotopic (exact) mass is 454 g/mol. The molecule has 166 valence electrons. The average Bonchev–Trinajstić information content (AvgIpc) is 3.48. The van der Waals surface area contributed by atoms with Crippen LogP contribution in [0, 0.1) is 5.82 Å². The summed E-state index contributed by atoms with van der Waals surface area (Å²) in [5, 5.41) is 2.36. The molecule has 2 aromatic carbocycles. The number of hydrogen-bond donors (Lipinski definition) is 2. The molecule has 8 heteroatoms. The van der Waals surface area contributed by atoms with Crippen molar-refractivity contribution in [2.24, 2.45) is 0 Å². The Morgan fingerprint density at radius 1 is 1.12 bits per heavy atom. The molecule has 0 aliphatic carbocycles. The van der Waals surface area contributed by atoms with Gasteiger partial charge in [0, 0.05) is 25.0 Å². The normalized spacial score (nSPS) is 13.1. The molecule has 0 saturated carbocycles. The molecule has 0 unspecified atom stereocenters. The molecule has 0 radical (unpaired) electrons. The van der Waals surface area contributed by atoms with Crippen molar-refractivity contribution in [3.05, 3.63) is 94.7 Å². The Hall–Kier alpha value is -3.29. The SMILES string of the molecule is Fc1ccc(/C=C/c2nc(COc3ccc(CCCCN4C=CNN4)cc3)co2)c(Cl)c1. The first-order chi connectivity index (χ1) is 15.7. The molecule has 2 N–H and O–H groups in total. The number of aromatic nitrogens is 1. The van der Waals surface area contributed by atoms with Gasteiger partial charge in [0.1, 0.15) is 30.1 Å². The first kappa shape index (κ1) is 21.9. The van der Waals surface area contributed by atoms with Crippen LogP contribution >= 0.6 is 11.6 Å². The summed E-state index contributed by atoms with van der Waals surface area (Å²) in [6, 6.07) is 12.4. The summed E-state index contributed by atoms with van der Waals surface area (Å²) in [5.74, 6) is 0.834. The van der Waals surface area contributed by atoms with E-state index in [0.717, 1.165) is 31.6 Å². The van der Waals surface area contributed by atoms with Crippen molar-refractivity contribution in [3.63, 3.8) is 0 Å². The predicted molar refractivity (Wildman–Crippen MR) is 123 cm³/mol. The lowest BCUT2D eigenvalue weighted by molar-refractivity contribution is 0.266. The quantitative estimate of drug-likeness (QED) is 0.403. The van der Waals surface area contributed by atoms with Gasteiger partial charge in [-0.1, -0.05) is 29.8 Å². The highest BCUT2D eigenvalue weighted by molar-refractivity contribution is 6.32. The second-order valence-corrected chi connectivity index (χ2v) is 7.74. The van der Waals surface area contributed by atoms with E-state index in [-0.39, 0.29) is 5.82 Å². The molecule has 1 aliphatic rings. The largest absolute Gasteiger partial charge is 0.487 e. The Morgan fingerprint density at radius 3 is 2.78 bits per heavy atom. The topological polar surface area (TPSA) is 62.6 Å². The van der Waals surface area contributed by atoms with E-state index in [1.165, 1.54) is 17.7 Å². The second kappa shape index (κ2) is 10.8. The summed E-state index contributed by atoms with van der Waals surface area (Å²) in [4.78, 5) is 4.37. The molecular formula is C24H24ClFN4O2. The number of benzene rings is 2. The first-order valence-electron chi connectivity index (χ1n) is 10.4. The minimum absolute atomic E-state index is 0.304. The van der Waals surface area contributed by atoms with E-state index in [1.54, 1.807) is 24.5 Å². The molecule has 3 aromatic rings. The van der Waals surface area contributed by atoms with Gasteiger partial charge in [0.05, 0.1) is 5.02 Å². The number of hydrazine groups is 2. The molecule has 1 aliphatic heterocycles. The van der Waals surface area contributed by atoms with Crippen molar-refractivity contribution < 1.29 is 13.5 Å². The third kappa shape index (κ3) is 6.35. The molecule has 2 heterocycles. The molecular weight excluding hydrogens is 431 g/mol. The molecule has 0 saturated heterocycles. The highest BCUT2D eigenvalue weighted by atomic mass is 35.5. The Bertz CT molecular complexity index is 1080. The number of nitrogens with zero attached hydrogens (tertiary/aromatic N) is 2. The number of nitrogens with one attached hydrogen (secondary N) is 2. The fraction of sp³-hybridized carbons (Fsp3) is 0.208. The first-order valence-corrected chi connectivity index (χ1v) is 10.8. The Morgan fingerprint density at radius 2 is 2.00 bits per heavy atom. The highest BCUT2D eigenvalue weighted by Gasteiger charge is 2.05. The fourth-order valence-corrected chi connectivity index (χ4v) is 3.43. The van der Waals surface area contributed by atoms with Crippen molar-refractivity contribution in [2.45, 2.75) is 25.9 Å². The lowest BCUT2D eigenvalue weighted by Gasteiger charge is -2.14. The zero-order valence-electron chi connectivity index (χ0n) is 17.4. The van der Waals surface area contributed by atoms with Gasteiger partial charge in [0.2, 0.25) is 5.89 Å². The third-order valence-corrected chi connectivity index (χ3v) is 5.24. The minimum atomic E-state index is -0.374. The third-order valence-electron chi connectivity index (χ3n) is 4.91. The average molecular weight is 455 g/mol. The maximum atomic E-state index is 13.1. The van der Waals surface area contributed by atoms with Crippen molar-refractivity contribution in [3.8, 4) is 5.75 Å². The standard InChI is InChI=1S/C24H24ClFN4O2/c25-23-15-20(26)8-6-19(23)7-11-24-28-21(17-32-24)16-31-22-9-4-18(5-10-22)3-1-2-13-30-14-12-27-29-30/h4-12,14-15,17,27,29H,1-3,13,16H2/b11-7+. The van der Waals surface area contributed by atoms with Crippen molar-refractivity contribution in [1.29, 1.82) is 0 Å². The smallest absolute Gasteiger partial charge is 0.218 e. The van der Waals surface area contributed by atoms with Crippen LogP contribution in [0.5, 0.6) is 5.75 Å². The molecule has 6 nitrogen and oxygen atoms in total. The summed E-state index contributed by atoms with van der Waals surface area (Å²) in [6.07, 6.45) is 12.1.